The van der Waals surface area contributed by atoms with Crippen LogP contribution in [-0.2, 0) is 28.7 Å². The Hall–Kier alpha value is -3.70. The molecule has 2 heterocycles. The molecule has 32 heavy (non-hydrogen) atoms. The monoisotopic (exact) mass is 450 g/mol. The summed E-state index contributed by atoms with van der Waals surface area (Å²) in [6, 6.07) is -1.21. The molecule has 2 aliphatic rings. The minimum absolute atomic E-state index is 0.126. The number of imide groups is 2. The third-order valence-electron chi connectivity index (χ3n) is 4.54. The Balaban J connectivity index is 1.72. The lowest BCUT2D eigenvalue weighted by molar-refractivity contribution is -0.138. The Morgan fingerprint density at radius 1 is 0.719 bits per heavy atom. The second-order valence-corrected chi connectivity index (χ2v) is 6.81. The van der Waals surface area contributed by atoms with Gasteiger partial charge in [-0.3, -0.25) is 19.4 Å². The Labute approximate surface area is 184 Å². The van der Waals surface area contributed by atoms with Gasteiger partial charge in [0.15, 0.2) is 0 Å². The first kappa shape index (κ1) is 24.6. The molecule has 6 amide bonds. The molecule has 2 aliphatic heterocycles. The fourth-order valence-electron chi connectivity index (χ4n) is 3.05. The van der Waals surface area contributed by atoms with Crippen LogP contribution in [0.1, 0.15) is 39.5 Å². The van der Waals surface area contributed by atoms with Gasteiger partial charge in [-0.1, -0.05) is 12.8 Å². The molecular weight excluding hydrogens is 424 g/mol. The number of amides is 6. The SMILES string of the molecule is CCOC(=O)/C=C1\NC(=O)N(CCCCCCN2C(=O)N/C(=C\C(=O)OCC)C2=O)C1=O. The van der Waals surface area contributed by atoms with Gasteiger partial charge in [0.25, 0.3) is 11.8 Å². The molecule has 0 unspecified atom stereocenters. The molecule has 0 aromatic rings. The molecule has 0 radical (unpaired) electrons. The molecule has 2 saturated heterocycles. The van der Waals surface area contributed by atoms with Gasteiger partial charge in [-0.2, -0.15) is 0 Å². The van der Waals surface area contributed by atoms with Crippen molar-refractivity contribution in [2.45, 2.75) is 39.5 Å². The zero-order chi connectivity index (χ0) is 23.7. The van der Waals surface area contributed by atoms with Gasteiger partial charge in [-0.05, 0) is 26.7 Å². The van der Waals surface area contributed by atoms with Crippen LogP contribution in [0.15, 0.2) is 23.5 Å². The van der Waals surface area contributed by atoms with E-state index in [0.29, 0.717) is 25.7 Å². The van der Waals surface area contributed by atoms with Crippen molar-refractivity contribution in [3.63, 3.8) is 0 Å². The Bertz CT molecular complexity index is 794. The van der Waals surface area contributed by atoms with Crippen molar-refractivity contribution >= 4 is 35.8 Å². The van der Waals surface area contributed by atoms with E-state index in [4.69, 9.17) is 9.47 Å². The number of ether oxygens (including phenoxy) is 2. The first-order valence-corrected chi connectivity index (χ1v) is 10.3. The number of esters is 2. The van der Waals surface area contributed by atoms with Crippen LogP contribution in [0.2, 0.25) is 0 Å². The fourth-order valence-corrected chi connectivity index (χ4v) is 3.05. The molecule has 0 spiro atoms. The summed E-state index contributed by atoms with van der Waals surface area (Å²) < 4.78 is 9.44. The van der Waals surface area contributed by atoms with Crippen LogP contribution >= 0.6 is 0 Å². The number of nitrogens with one attached hydrogen (secondary N) is 2. The molecule has 2 rings (SSSR count). The summed E-state index contributed by atoms with van der Waals surface area (Å²) in [5.41, 5.74) is -0.252. The maximum atomic E-state index is 12.2. The van der Waals surface area contributed by atoms with Crippen molar-refractivity contribution in [1.29, 1.82) is 0 Å². The zero-order valence-corrected chi connectivity index (χ0v) is 18.0. The quantitative estimate of drug-likeness (QED) is 0.200. The molecule has 0 aliphatic carbocycles. The Morgan fingerprint density at radius 3 is 1.44 bits per heavy atom. The van der Waals surface area contributed by atoms with Crippen LogP contribution < -0.4 is 10.6 Å². The van der Waals surface area contributed by atoms with E-state index >= 15 is 0 Å². The van der Waals surface area contributed by atoms with E-state index in [2.05, 4.69) is 10.6 Å². The first-order chi connectivity index (χ1) is 15.3. The maximum Gasteiger partial charge on any atom is 0.333 e. The lowest BCUT2D eigenvalue weighted by Gasteiger charge is -2.13. The summed E-state index contributed by atoms with van der Waals surface area (Å²) >= 11 is 0. The first-order valence-electron chi connectivity index (χ1n) is 10.3. The van der Waals surface area contributed by atoms with Crippen molar-refractivity contribution in [2.75, 3.05) is 26.3 Å². The summed E-state index contributed by atoms with van der Waals surface area (Å²) in [5.74, 6) is -2.61. The number of rotatable bonds is 11. The fraction of sp³-hybridized carbons (Fsp3) is 0.500. The molecule has 12 nitrogen and oxygen atoms in total. The number of hydrogen-bond donors (Lipinski definition) is 2. The highest BCUT2D eigenvalue weighted by atomic mass is 16.5. The maximum absolute atomic E-state index is 12.2. The lowest BCUT2D eigenvalue weighted by Crippen LogP contribution is -2.32. The van der Waals surface area contributed by atoms with Crippen LogP contribution in [0.3, 0.4) is 0 Å². The lowest BCUT2D eigenvalue weighted by atomic mass is 10.2. The summed E-state index contributed by atoms with van der Waals surface area (Å²) in [6.45, 7) is 3.90. The minimum atomic E-state index is -0.709. The highest BCUT2D eigenvalue weighted by Gasteiger charge is 2.34. The third kappa shape index (κ3) is 6.40. The summed E-state index contributed by atoms with van der Waals surface area (Å²) in [7, 11) is 0. The van der Waals surface area contributed by atoms with Gasteiger partial charge >= 0.3 is 24.0 Å². The number of carbonyl (C=O) groups excluding carboxylic acids is 6. The van der Waals surface area contributed by atoms with Gasteiger partial charge in [-0.15, -0.1) is 0 Å². The van der Waals surface area contributed by atoms with Gasteiger partial charge in [0, 0.05) is 13.1 Å². The van der Waals surface area contributed by atoms with Crippen LogP contribution in [0, 0.1) is 0 Å². The standard InChI is InChI=1S/C20H26N4O8/c1-3-31-15(25)11-13-17(27)23(19(29)21-13)9-7-5-6-8-10-24-18(28)14(22-20(24)30)12-16(26)32-4-2/h11-12H,3-10H2,1-2H3,(H,21,29)(H,22,30)/b13-11-,14-12-. The average Bonchev–Trinajstić information content (AvgIpc) is 3.14. The van der Waals surface area contributed by atoms with Crippen molar-refractivity contribution < 1.29 is 38.2 Å². The molecule has 174 valence electrons. The van der Waals surface area contributed by atoms with Crippen molar-refractivity contribution in [3.05, 3.63) is 23.5 Å². The minimum Gasteiger partial charge on any atom is -0.463 e. The molecule has 2 fully saturated rings. The summed E-state index contributed by atoms with van der Waals surface area (Å²) in [5, 5.41) is 4.68. The molecule has 2 N–H and O–H groups in total. The van der Waals surface area contributed by atoms with Crippen molar-refractivity contribution in [2.24, 2.45) is 0 Å². The molecule has 0 aromatic heterocycles. The van der Waals surface area contributed by atoms with E-state index in [1.165, 1.54) is 0 Å². The highest BCUT2D eigenvalue weighted by molar-refractivity contribution is 6.14. The van der Waals surface area contributed by atoms with Crippen molar-refractivity contribution in [3.8, 4) is 0 Å². The van der Waals surface area contributed by atoms with E-state index in [-0.39, 0.29) is 37.7 Å². The average molecular weight is 450 g/mol. The molecule has 0 atom stereocenters. The van der Waals surface area contributed by atoms with Crippen LogP contribution in [0.4, 0.5) is 9.59 Å². The van der Waals surface area contributed by atoms with E-state index in [9.17, 15) is 28.8 Å². The van der Waals surface area contributed by atoms with Crippen LogP contribution in [0.5, 0.6) is 0 Å². The topological polar surface area (TPSA) is 151 Å². The van der Waals surface area contributed by atoms with Crippen molar-refractivity contribution in [1.82, 2.24) is 20.4 Å². The predicted octanol–water partition coefficient (Wildman–Crippen LogP) is 0.544. The van der Waals surface area contributed by atoms with E-state index in [1.807, 2.05) is 0 Å². The molecule has 12 heteroatoms. The summed E-state index contributed by atoms with van der Waals surface area (Å²) in [6.07, 6.45) is 4.21. The van der Waals surface area contributed by atoms with E-state index < -0.39 is 35.8 Å². The van der Waals surface area contributed by atoms with Gasteiger partial charge in [0.05, 0.1) is 25.4 Å². The molecule has 0 aromatic carbocycles. The normalized spacial score (nSPS) is 18.4. The molecule has 0 saturated carbocycles. The third-order valence-corrected chi connectivity index (χ3v) is 4.54. The summed E-state index contributed by atoms with van der Waals surface area (Å²) in [4.78, 5) is 73.2. The van der Waals surface area contributed by atoms with E-state index in [1.54, 1.807) is 13.8 Å². The van der Waals surface area contributed by atoms with E-state index in [0.717, 1.165) is 22.0 Å². The Morgan fingerprint density at radius 2 is 1.09 bits per heavy atom. The number of unbranched alkanes of at least 4 members (excludes halogenated alkanes) is 3. The van der Waals surface area contributed by atoms with Gasteiger partial charge in [-0.25, -0.2) is 19.2 Å². The second-order valence-electron chi connectivity index (χ2n) is 6.81. The second kappa shape index (κ2) is 11.6. The smallest absolute Gasteiger partial charge is 0.333 e. The predicted molar refractivity (Wildman–Crippen MR) is 108 cm³/mol. The van der Waals surface area contributed by atoms with Gasteiger partial charge in [0.1, 0.15) is 11.4 Å². The Kier molecular flexibility index (Phi) is 8.93. The zero-order valence-electron chi connectivity index (χ0n) is 18.0. The largest absolute Gasteiger partial charge is 0.463 e. The number of urea groups is 2. The van der Waals surface area contributed by atoms with Gasteiger partial charge in [0.2, 0.25) is 0 Å². The van der Waals surface area contributed by atoms with Gasteiger partial charge < -0.3 is 20.1 Å². The number of carbonyl (C=O) groups is 6. The number of hydrogen-bond acceptors (Lipinski definition) is 8. The van der Waals surface area contributed by atoms with Crippen LogP contribution in [-0.4, -0.2) is 71.9 Å². The van der Waals surface area contributed by atoms with Crippen LogP contribution in [0.25, 0.3) is 0 Å². The molecule has 0 bridgehead atoms. The molecular formula is C20H26N4O8. The highest BCUT2D eigenvalue weighted by Crippen LogP contribution is 2.14. The number of nitrogens with zero attached hydrogens (tertiary/aromatic N) is 2.